The molecule has 0 saturated heterocycles. The summed E-state index contributed by atoms with van der Waals surface area (Å²) in [6, 6.07) is 7.66. The van der Waals surface area contributed by atoms with E-state index >= 15 is 0 Å². The lowest BCUT2D eigenvalue weighted by Gasteiger charge is -2.20. The predicted octanol–water partition coefficient (Wildman–Crippen LogP) is 1.86. The van der Waals surface area contributed by atoms with Crippen molar-refractivity contribution in [3.05, 3.63) is 35.9 Å². The third kappa shape index (κ3) is 5.22. The Morgan fingerprint density at radius 3 is 2.57 bits per heavy atom. The summed E-state index contributed by atoms with van der Waals surface area (Å²) in [5.41, 5.74) is 0.431. The molecule has 0 heterocycles. The molecule has 1 N–H and O–H groups in total. The SMILES string of the molecule is CN(C#N)C(=O)C(CCCCF)NC(=O)c1ccccc1. The van der Waals surface area contributed by atoms with Crippen molar-refractivity contribution in [1.82, 2.24) is 10.2 Å². The number of amides is 2. The summed E-state index contributed by atoms with van der Waals surface area (Å²) < 4.78 is 12.2. The smallest absolute Gasteiger partial charge is 0.257 e. The van der Waals surface area contributed by atoms with Crippen LogP contribution in [0.15, 0.2) is 30.3 Å². The molecule has 1 rings (SSSR count). The topological polar surface area (TPSA) is 73.2 Å². The lowest BCUT2D eigenvalue weighted by atomic mass is 10.1. The van der Waals surface area contributed by atoms with Crippen LogP contribution >= 0.6 is 0 Å². The number of nitrogens with zero attached hydrogens (tertiary/aromatic N) is 2. The zero-order chi connectivity index (χ0) is 15.7. The first-order valence-electron chi connectivity index (χ1n) is 6.69. The number of halogens is 1. The van der Waals surface area contributed by atoms with E-state index in [1.165, 1.54) is 7.05 Å². The molecule has 0 aliphatic rings. The molecule has 1 aromatic carbocycles. The number of benzene rings is 1. The van der Waals surface area contributed by atoms with Gasteiger partial charge in [-0.15, -0.1) is 0 Å². The molecule has 0 spiro atoms. The first kappa shape index (κ1) is 16.6. The molecule has 2 amide bonds. The Balaban J connectivity index is 2.74. The number of rotatable bonds is 7. The van der Waals surface area contributed by atoms with Gasteiger partial charge in [-0.3, -0.25) is 18.9 Å². The van der Waals surface area contributed by atoms with Crippen LogP contribution in [0.4, 0.5) is 4.39 Å². The Labute approximate surface area is 123 Å². The van der Waals surface area contributed by atoms with Crippen molar-refractivity contribution in [3.8, 4) is 6.19 Å². The van der Waals surface area contributed by atoms with Gasteiger partial charge in [-0.2, -0.15) is 5.26 Å². The number of nitrogens with one attached hydrogen (secondary N) is 1. The van der Waals surface area contributed by atoms with Crippen molar-refractivity contribution in [2.75, 3.05) is 13.7 Å². The minimum Gasteiger partial charge on any atom is -0.340 e. The number of hydrogen-bond donors (Lipinski definition) is 1. The minimum atomic E-state index is -0.825. The Hall–Kier alpha value is -2.42. The number of carbonyl (C=O) groups excluding carboxylic acids is 2. The Bertz CT molecular complexity index is 513. The molecular formula is C15H18FN3O2. The van der Waals surface area contributed by atoms with Crippen LogP contribution in [-0.4, -0.2) is 36.5 Å². The lowest BCUT2D eigenvalue weighted by Crippen LogP contribution is -2.46. The second kappa shape index (κ2) is 8.69. The van der Waals surface area contributed by atoms with Crippen molar-refractivity contribution in [2.24, 2.45) is 0 Å². The molecule has 5 nitrogen and oxygen atoms in total. The van der Waals surface area contributed by atoms with Gasteiger partial charge in [0.2, 0.25) is 0 Å². The zero-order valence-corrected chi connectivity index (χ0v) is 11.9. The van der Waals surface area contributed by atoms with Gasteiger partial charge >= 0.3 is 0 Å². The number of likely N-dealkylation sites (N-methyl/N-ethyl adjacent to an activating group) is 1. The van der Waals surface area contributed by atoms with E-state index in [9.17, 15) is 14.0 Å². The molecule has 0 bridgehead atoms. The average Bonchev–Trinajstić information content (AvgIpc) is 2.53. The van der Waals surface area contributed by atoms with Crippen LogP contribution in [0.25, 0.3) is 0 Å². The van der Waals surface area contributed by atoms with Crippen molar-refractivity contribution in [3.63, 3.8) is 0 Å². The van der Waals surface area contributed by atoms with E-state index in [2.05, 4.69) is 5.32 Å². The van der Waals surface area contributed by atoms with Crippen LogP contribution in [0.5, 0.6) is 0 Å². The van der Waals surface area contributed by atoms with Crippen LogP contribution in [0, 0.1) is 11.5 Å². The van der Waals surface area contributed by atoms with Gasteiger partial charge in [-0.05, 0) is 31.4 Å². The fourth-order valence-electron chi connectivity index (χ4n) is 1.81. The molecule has 1 unspecified atom stereocenters. The predicted molar refractivity (Wildman–Crippen MR) is 75.9 cm³/mol. The van der Waals surface area contributed by atoms with Gasteiger partial charge in [0.05, 0.1) is 6.67 Å². The van der Waals surface area contributed by atoms with E-state index < -0.39 is 18.6 Å². The number of carbonyl (C=O) groups is 2. The van der Waals surface area contributed by atoms with E-state index in [0.29, 0.717) is 24.8 Å². The number of hydrogen-bond acceptors (Lipinski definition) is 3. The van der Waals surface area contributed by atoms with Gasteiger partial charge in [-0.1, -0.05) is 18.2 Å². The van der Waals surface area contributed by atoms with Crippen LogP contribution in [-0.2, 0) is 4.79 Å². The summed E-state index contributed by atoms with van der Waals surface area (Å²) in [5, 5.41) is 11.4. The molecule has 0 saturated carbocycles. The lowest BCUT2D eigenvalue weighted by molar-refractivity contribution is -0.129. The fourth-order valence-corrected chi connectivity index (χ4v) is 1.81. The van der Waals surface area contributed by atoms with Crippen molar-refractivity contribution < 1.29 is 14.0 Å². The quantitative estimate of drug-likeness (QED) is 0.473. The largest absolute Gasteiger partial charge is 0.340 e. The van der Waals surface area contributed by atoms with Crippen molar-refractivity contribution in [2.45, 2.75) is 25.3 Å². The molecule has 0 fully saturated rings. The third-order valence-electron chi connectivity index (χ3n) is 3.00. The van der Waals surface area contributed by atoms with Gasteiger partial charge in [0.25, 0.3) is 11.8 Å². The first-order chi connectivity index (χ1) is 10.1. The highest BCUT2D eigenvalue weighted by molar-refractivity contribution is 5.97. The molecule has 0 aliphatic carbocycles. The molecular weight excluding hydrogens is 273 g/mol. The highest BCUT2D eigenvalue weighted by Crippen LogP contribution is 2.07. The first-order valence-corrected chi connectivity index (χ1v) is 6.69. The van der Waals surface area contributed by atoms with E-state index in [1.54, 1.807) is 36.5 Å². The maximum atomic E-state index is 12.2. The summed E-state index contributed by atoms with van der Waals surface area (Å²) in [4.78, 5) is 25.0. The normalized spacial score (nSPS) is 11.3. The van der Waals surface area contributed by atoms with Gasteiger partial charge < -0.3 is 5.32 Å². The van der Waals surface area contributed by atoms with Crippen LogP contribution < -0.4 is 5.32 Å². The highest BCUT2D eigenvalue weighted by Gasteiger charge is 2.24. The minimum absolute atomic E-state index is 0.299. The van der Waals surface area contributed by atoms with Crippen molar-refractivity contribution in [1.29, 1.82) is 5.26 Å². The summed E-state index contributed by atoms with van der Waals surface area (Å²) in [7, 11) is 1.33. The molecule has 0 aromatic heterocycles. The second-order valence-corrected chi connectivity index (χ2v) is 4.57. The molecule has 21 heavy (non-hydrogen) atoms. The van der Waals surface area contributed by atoms with Crippen molar-refractivity contribution >= 4 is 11.8 Å². The summed E-state index contributed by atoms with van der Waals surface area (Å²) in [6.07, 6.45) is 2.79. The van der Waals surface area contributed by atoms with E-state index in [-0.39, 0.29) is 5.91 Å². The average molecular weight is 291 g/mol. The molecule has 1 atom stereocenters. The maximum absolute atomic E-state index is 12.2. The van der Waals surface area contributed by atoms with Crippen LogP contribution in [0.3, 0.4) is 0 Å². The maximum Gasteiger partial charge on any atom is 0.257 e. The van der Waals surface area contributed by atoms with E-state index in [4.69, 9.17) is 5.26 Å². The third-order valence-corrected chi connectivity index (χ3v) is 3.00. The molecule has 0 aliphatic heterocycles. The summed E-state index contributed by atoms with van der Waals surface area (Å²) in [5.74, 6) is -0.888. The molecule has 0 radical (unpaired) electrons. The standard InChI is InChI=1S/C15H18FN3O2/c1-19(11-17)15(21)13(9-5-6-10-16)18-14(20)12-7-3-2-4-8-12/h2-4,7-8,13H,5-6,9-10H2,1H3,(H,18,20). The summed E-state index contributed by atoms with van der Waals surface area (Å²) in [6.45, 7) is -0.471. The van der Waals surface area contributed by atoms with Crippen LogP contribution in [0.2, 0.25) is 0 Å². The molecule has 1 aromatic rings. The van der Waals surface area contributed by atoms with Gasteiger partial charge in [0.15, 0.2) is 6.19 Å². The Kier molecular flexibility index (Phi) is 6.88. The zero-order valence-electron chi connectivity index (χ0n) is 11.9. The number of alkyl halides is 1. The Morgan fingerprint density at radius 1 is 1.33 bits per heavy atom. The monoisotopic (exact) mass is 291 g/mol. The van der Waals surface area contributed by atoms with Gasteiger partial charge in [-0.25, -0.2) is 0 Å². The van der Waals surface area contributed by atoms with Gasteiger partial charge in [0.1, 0.15) is 6.04 Å². The number of nitriles is 1. The molecule has 112 valence electrons. The summed E-state index contributed by atoms with van der Waals surface area (Å²) >= 11 is 0. The van der Waals surface area contributed by atoms with E-state index in [0.717, 1.165) is 4.90 Å². The van der Waals surface area contributed by atoms with Gasteiger partial charge in [0, 0.05) is 12.6 Å². The fraction of sp³-hybridized carbons (Fsp3) is 0.400. The second-order valence-electron chi connectivity index (χ2n) is 4.57. The van der Waals surface area contributed by atoms with Crippen LogP contribution in [0.1, 0.15) is 29.6 Å². The number of unbranched alkanes of at least 4 members (excludes halogenated alkanes) is 1. The highest BCUT2D eigenvalue weighted by atomic mass is 19.1. The molecule has 6 heteroatoms. The van der Waals surface area contributed by atoms with E-state index in [1.807, 2.05) is 0 Å². The Morgan fingerprint density at radius 2 is 2.00 bits per heavy atom.